The molecule has 154 valence electrons. The maximum atomic E-state index is 12.2. The number of rotatable bonds is 9. The van der Waals surface area contributed by atoms with Gasteiger partial charge in [-0.05, 0) is 18.4 Å². The highest BCUT2D eigenvalue weighted by atomic mass is 16.6. The monoisotopic (exact) mass is 392 g/mol. The molecule has 1 aromatic rings. The number of carboxylic acids is 1. The second kappa shape index (κ2) is 11.3. The molecule has 0 unspecified atom stereocenters. The van der Waals surface area contributed by atoms with Gasteiger partial charge in [0.05, 0.1) is 13.2 Å². The molecule has 8 heteroatoms. The molecule has 0 aromatic heterocycles. The summed E-state index contributed by atoms with van der Waals surface area (Å²) in [6, 6.07) is 9.03. The molecule has 0 spiro atoms. The lowest BCUT2D eigenvalue weighted by atomic mass is 10.1. The Balaban J connectivity index is 1.70. The summed E-state index contributed by atoms with van der Waals surface area (Å²) in [6.45, 7) is 2.81. The van der Waals surface area contributed by atoms with Gasteiger partial charge < -0.3 is 24.4 Å². The van der Waals surface area contributed by atoms with Crippen LogP contribution in [0.1, 0.15) is 24.8 Å². The van der Waals surface area contributed by atoms with Crippen molar-refractivity contribution in [1.29, 1.82) is 0 Å². The van der Waals surface area contributed by atoms with E-state index in [2.05, 4.69) is 0 Å². The fourth-order valence-corrected chi connectivity index (χ4v) is 2.91. The second-order valence-corrected chi connectivity index (χ2v) is 6.77. The van der Waals surface area contributed by atoms with E-state index < -0.39 is 18.2 Å². The standard InChI is InChI=1S/C20H28N2O6/c1-21(10-6-5-9-18(23)22-11-13-27-14-12-22)20(26)28-17(19(24)25)15-16-7-3-2-4-8-16/h2-4,7-8,17H,5-6,9-15H2,1H3,(H,24,25)/t17-/m0/s1. The van der Waals surface area contributed by atoms with Crippen molar-refractivity contribution in [2.24, 2.45) is 0 Å². The molecule has 1 fully saturated rings. The Morgan fingerprint density at radius 2 is 1.86 bits per heavy atom. The summed E-state index contributed by atoms with van der Waals surface area (Å²) in [7, 11) is 1.56. The van der Waals surface area contributed by atoms with Gasteiger partial charge in [0.15, 0.2) is 0 Å². The van der Waals surface area contributed by atoms with Gasteiger partial charge in [-0.25, -0.2) is 9.59 Å². The summed E-state index contributed by atoms with van der Waals surface area (Å²) in [5.41, 5.74) is 0.784. The minimum absolute atomic E-state index is 0.0994. The lowest BCUT2D eigenvalue weighted by Gasteiger charge is -2.27. The lowest BCUT2D eigenvalue weighted by Crippen LogP contribution is -2.40. The SMILES string of the molecule is CN(CCCCC(=O)N1CCOCC1)C(=O)O[C@@H](Cc1ccccc1)C(=O)O. The predicted octanol–water partition coefficient (Wildman–Crippen LogP) is 1.78. The summed E-state index contributed by atoms with van der Waals surface area (Å²) in [5, 5.41) is 9.32. The summed E-state index contributed by atoms with van der Waals surface area (Å²) in [5.74, 6) is -1.08. The Bertz CT molecular complexity index is 645. The van der Waals surface area contributed by atoms with Crippen molar-refractivity contribution < 1.29 is 29.0 Å². The van der Waals surface area contributed by atoms with Crippen LogP contribution in [0, 0.1) is 0 Å². The third kappa shape index (κ3) is 7.19. The van der Waals surface area contributed by atoms with Crippen molar-refractivity contribution in [3.05, 3.63) is 35.9 Å². The van der Waals surface area contributed by atoms with E-state index in [4.69, 9.17) is 9.47 Å². The highest BCUT2D eigenvalue weighted by molar-refractivity contribution is 5.77. The fourth-order valence-electron chi connectivity index (χ4n) is 2.91. The van der Waals surface area contributed by atoms with E-state index in [1.54, 1.807) is 36.2 Å². The van der Waals surface area contributed by atoms with Crippen LogP contribution in [-0.4, -0.2) is 78.9 Å². The number of carbonyl (C=O) groups excluding carboxylic acids is 2. The molecule has 0 radical (unpaired) electrons. The summed E-state index contributed by atoms with van der Waals surface area (Å²) in [6.07, 6.45) is -0.0837. The number of hydrogen-bond acceptors (Lipinski definition) is 5. The Morgan fingerprint density at radius 1 is 1.18 bits per heavy atom. The zero-order chi connectivity index (χ0) is 20.4. The minimum atomic E-state index is -1.24. The normalized spacial score (nSPS) is 15.0. The van der Waals surface area contributed by atoms with Crippen molar-refractivity contribution >= 4 is 18.0 Å². The quantitative estimate of drug-likeness (QED) is 0.644. The molecule has 0 saturated carbocycles. The molecule has 1 saturated heterocycles. The number of amides is 2. The van der Waals surface area contributed by atoms with Crippen molar-refractivity contribution in [1.82, 2.24) is 9.80 Å². The van der Waals surface area contributed by atoms with E-state index in [1.165, 1.54) is 4.90 Å². The molecule has 1 aliphatic heterocycles. The van der Waals surface area contributed by atoms with Crippen LogP contribution < -0.4 is 0 Å². The molecule has 0 bridgehead atoms. The highest BCUT2D eigenvalue weighted by Gasteiger charge is 2.24. The van der Waals surface area contributed by atoms with Gasteiger partial charge in [-0.15, -0.1) is 0 Å². The zero-order valence-electron chi connectivity index (χ0n) is 16.2. The third-order valence-corrected chi connectivity index (χ3v) is 4.59. The van der Waals surface area contributed by atoms with Crippen LogP contribution in [0.3, 0.4) is 0 Å². The van der Waals surface area contributed by atoms with Crippen molar-refractivity contribution in [3.63, 3.8) is 0 Å². The van der Waals surface area contributed by atoms with Gasteiger partial charge in [0.25, 0.3) is 0 Å². The Hall–Kier alpha value is -2.61. The van der Waals surface area contributed by atoms with Crippen LogP contribution in [-0.2, 0) is 25.5 Å². The Morgan fingerprint density at radius 3 is 2.50 bits per heavy atom. The minimum Gasteiger partial charge on any atom is -0.478 e. The van der Waals surface area contributed by atoms with E-state index in [1.807, 2.05) is 6.07 Å². The molecule has 28 heavy (non-hydrogen) atoms. The maximum Gasteiger partial charge on any atom is 0.410 e. The number of unbranched alkanes of at least 4 members (excludes halogenated alkanes) is 1. The predicted molar refractivity (Wildman–Crippen MR) is 102 cm³/mol. The average Bonchev–Trinajstić information content (AvgIpc) is 2.71. The first-order chi connectivity index (χ1) is 13.5. The number of morpholine rings is 1. The molecule has 1 N–H and O–H groups in total. The van der Waals surface area contributed by atoms with Crippen LogP contribution in [0.4, 0.5) is 4.79 Å². The van der Waals surface area contributed by atoms with E-state index in [-0.39, 0.29) is 12.3 Å². The van der Waals surface area contributed by atoms with Gasteiger partial charge in [-0.2, -0.15) is 0 Å². The maximum absolute atomic E-state index is 12.2. The third-order valence-electron chi connectivity index (χ3n) is 4.59. The van der Waals surface area contributed by atoms with Crippen molar-refractivity contribution in [3.8, 4) is 0 Å². The van der Waals surface area contributed by atoms with Crippen LogP contribution in [0.15, 0.2) is 30.3 Å². The van der Waals surface area contributed by atoms with Crippen LogP contribution in [0.2, 0.25) is 0 Å². The number of carboxylic acid groups (broad SMARTS) is 1. The Kier molecular flexibility index (Phi) is 8.74. The largest absolute Gasteiger partial charge is 0.478 e. The van der Waals surface area contributed by atoms with Gasteiger partial charge in [0.2, 0.25) is 12.0 Å². The molecular formula is C20H28N2O6. The topological polar surface area (TPSA) is 96.4 Å². The summed E-state index contributed by atoms with van der Waals surface area (Å²) < 4.78 is 10.4. The number of carbonyl (C=O) groups is 3. The first kappa shape index (κ1) is 21.7. The van der Waals surface area contributed by atoms with E-state index in [0.717, 1.165) is 5.56 Å². The number of hydrogen-bond donors (Lipinski definition) is 1. The van der Waals surface area contributed by atoms with Crippen LogP contribution in [0.25, 0.3) is 0 Å². The van der Waals surface area contributed by atoms with Gasteiger partial charge in [-0.1, -0.05) is 30.3 Å². The van der Waals surface area contributed by atoms with Gasteiger partial charge in [0, 0.05) is 39.5 Å². The average molecular weight is 392 g/mol. The van der Waals surface area contributed by atoms with Crippen molar-refractivity contribution in [2.45, 2.75) is 31.8 Å². The van der Waals surface area contributed by atoms with Crippen molar-refractivity contribution in [2.75, 3.05) is 39.9 Å². The molecule has 2 amide bonds. The first-order valence-corrected chi connectivity index (χ1v) is 9.51. The molecule has 8 nitrogen and oxygen atoms in total. The first-order valence-electron chi connectivity index (χ1n) is 9.51. The number of nitrogens with zero attached hydrogens (tertiary/aromatic N) is 2. The molecule has 1 aliphatic rings. The summed E-state index contributed by atoms with van der Waals surface area (Å²) in [4.78, 5) is 38.8. The molecular weight excluding hydrogens is 364 g/mol. The Labute approximate surface area is 165 Å². The lowest BCUT2D eigenvalue weighted by molar-refractivity contribution is -0.147. The molecule has 0 aliphatic carbocycles. The number of ether oxygens (including phenoxy) is 2. The van der Waals surface area contributed by atoms with E-state index >= 15 is 0 Å². The second-order valence-electron chi connectivity index (χ2n) is 6.77. The smallest absolute Gasteiger partial charge is 0.410 e. The molecule has 1 atom stereocenters. The highest BCUT2D eigenvalue weighted by Crippen LogP contribution is 2.09. The zero-order valence-corrected chi connectivity index (χ0v) is 16.2. The molecule has 1 aromatic carbocycles. The van der Waals surface area contributed by atoms with Crippen LogP contribution >= 0.6 is 0 Å². The number of aliphatic carboxylic acids is 1. The van der Waals surface area contributed by atoms with Gasteiger partial charge in [0.1, 0.15) is 0 Å². The van der Waals surface area contributed by atoms with E-state index in [0.29, 0.717) is 52.1 Å². The molecule has 1 heterocycles. The van der Waals surface area contributed by atoms with Gasteiger partial charge in [-0.3, -0.25) is 4.79 Å². The fraction of sp³-hybridized carbons (Fsp3) is 0.550. The van der Waals surface area contributed by atoms with Gasteiger partial charge >= 0.3 is 12.1 Å². The van der Waals surface area contributed by atoms with Crippen LogP contribution in [0.5, 0.6) is 0 Å². The van der Waals surface area contributed by atoms with E-state index in [9.17, 15) is 19.5 Å². The summed E-state index contributed by atoms with van der Waals surface area (Å²) >= 11 is 0. The molecule has 2 rings (SSSR count). The number of benzene rings is 1.